The van der Waals surface area contributed by atoms with E-state index in [1.54, 1.807) is 12.1 Å². The van der Waals surface area contributed by atoms with Gasteiger partial charge in [0.25, 0.3) is 0 Å². The van der Waals surface area contributed by atoms with Crippen molar-refractivity contribution in [3.05, 3.63) is 90.5 Å². The maximum atomic E-state index is 12.4. The second-order valence-corrected chi connectivity index (χ2v) is 7.80. The number of anilines is 1. The predicted molar refractivity (Wildman–Crippen MR) is 129 cm³/mol. The summed E-state index contributed by atoms with van der Waals surface area (Å²) in [6.07, 6.45) is -0.0467. The number of carbonyl (C=O) groups excluding carboxylic acids is 2. The maximum Gasteiger partial charge on any atom is 0.344 e. The van der Waals surface area contributed by atoms with Crippen molar-refractivity contribution in [3.63, 3.8) is 0 Å². The number of amides is 2. The molecule has 0 saturated carbocycles. The third kappa shape index (κ3) is 7.18. The Labute approximate surface area is 197 Å². The number of carbonyl (C=O) groups is 3. The highest BCUT2D eigenvalue weighted by Gasteiger charge is 2.35. The van der Waals surface area contributed by atoms with Crippen LogP contribution in [0.4, 0.5) is 10.5 Å². The summed E-state index contributed by atoms with van der Waals surface area (Å²) in [5, 5.41) is 14.4. The lowest BCUT2D eigenvalue weighted by molar-refractivity contribution is -0.147. The van der Waals surface area contributed by atoms with Gasteiger partial charge in [0.2, 0.25) is 0 Å². The van der Waals surface area contributed by atoms with E-state index in [9.17, 15) is 19.5 Å². The highest BCUT2D eigenvalue weighted by Crippen LogP contribution is 2.21. The molecule has 1 atom stereocenters. The quantitative estimate of drug-likeness (QED) is 0.265. The highest BCUT2D eigenvalue weighted by atomic mass is 16.5. The number of urea groups is 1. The van der Waals surface area contributed by atoms with E-state index >= 15 is 0 Å². The van der Waals surface area contributed by atoms with Gasteiger partial charge in [-0.3, -0.25) is 10.5 Å². The van der Waals surface area contributed by atoms with Crippen LogP contribution in [0, 0.1) is 0 Å². The van der Waals surface area contributed by atoms with Crippen LogP contribution in [0.15, 0.2) is 84.9 Å². The van der Waals surface area contributed by atoms with Crippen molar-refractivity contribution in [2.45, 2.75) is 31.5 Å². The third-order valence-corrected chi connectivity index (χ3v) is 5.16. The number of carboxylic acid groups (broad SMARTS) is 1. The van der Waals surface area contributed by atoms with Gasteiger partial charge in [-0.05, 0) is 41.7 Å². The Hall–Kier alpha value is -4.17. The molecule has 0 aliphatic carbocycles. The summed E-state index contributed by atoms with van der Waals surface area (Å²) >= 11 is 0. The number of nitrogens with two attached hydrogens (primary N) is 1. The first kappa shape index (κ1) is 24.5. The predicted octanol–water partition coefficient (Wildman–Crippen LogP) is 4.13. The molecule has 0 saturated heterocycles. The van der Waals surface area contributed by atoms with Gasteiger partial charge >= 0.3 is 18.0 Å². The van der Waals surface area contributed by atoms with Gasteiger partial charge in [-0.1, -0.05) is 72.8 Å². The molecule has 3 rings (SSSR count). The van der Waals surface area contributed by atoms with E-state index in [4.69, 9.17) is 10.5 Å². The fourth-order valence-corrected chi connectivity index (χ4v) is 3.29. The molecule has 0 unspecified atom stereocenters. The van der Waals surface area contributed by atoms with E-state index in [1.165, 1.54) is 0 Å². The van der Waals surface area contributed by atoms with Crippen LogP contribution in [0.2, 0.25) is 0 Å². The number of hydrogen-bond donors (Lipinski definition) is 4. The molecule has 8 nitrogen and oxygen atoms in total. The molecule has 176 valence electrons. The number of carboxylic acids is 1. The lowest BCUT2D eigenvalue weighted by atomic mass is 10.0. The Balaban J connectivity index is 1.48. The molecule has 0 heterocycles. The number of aliphatic carboxylic acids is 1. The van der Waals surface area contributed by atoms with Gasteiger partial charge in [-0.2, -0.15) is 0 Å². The Kier molecular flexibility index (Phi) is 8.37. The van der Waals surface area contributed by atoms with Crippen LogP contribution in [0.25, 0.3) is 11.1 Å². The van der Waals surface area contributed by atoms with Crippen LogP contribution in [-0.2, 0) is 20.9 Å². The van der Waals surface area contributed by atoms with Gasteiger partial charge < -0.3 is 20.5 Å². The molecule has 2 amide bonds. The van der Waals surface area contributed by atoms with Crippen molar-refractivity contribution in [2.24, 2.45) is 5.73 Å². The third-order valence-electron chi connectivity index (χ3n) is 5.16. The van der Waals surface area contributed by atoms with Crippen LogP contribution in [0.3, 0.4) is 0 Å². The molecule has 5 N–H and O–H groups in total. The zero-order chi connectivity index (χ0) is 24.4. The molecule has 34 heavy (non-hydrogen) atoms. The molecule has 3 aromatic rings. The van der Waals surface area contributed by atoms with Crippen molar-refractivity contribution < 1.29 is 24.2 Å². The summed E-state index contributed by atoms with van der Waals surface area (Å²) in [5.74, 6) is -1.88. The average molecular weight is 462 g/mol. The van der Waals surface area contributed by atoms with Crippen molar-refractivity contribution in [1.29, 1.82) is 0 Å². The van der Waals surface area contributed by atoms with E-state index in [-0.39, 0.29) is 25.9 Å². The number of ether oxygens (including phenoxy) is 1. The molecular formula is C26H27N3O5. The fourth-order valence-electron chi connectivity index (χ4n) is 3.29. The highest BCUT2D eigenvalue weighted by molar-refractivity contribution is 5.93. The minimum atomic E-state index is -2.03. The summed E-state index contributed by atoms with van der Waals surface area (Å²) in [6, 6.07) is 25.3. The molecule has 0 fully saturated rings. The maximum absolute atomic E-state index is 12.4. The minimum Gasteiger partial charge on any atom is -0.478 e. The molecule has 3 aromatic carbocycles. The van der Waals surface area contributed by atoms with E-state index < -0.39 is 23.6 Å². The van der Waals surface area contributed by atoms with Gasteiger partial charge in [-0.25, -0.2) is 9.59 Å². The topological polar surface area (TPSA) is 131 Å². The van der Waals surface area contributed by atoms with E-state index in [0.717, 1.165) is 16.7 Å². The van der Waals surface area contributed by atoms with Crippen LogP contribution < -0.4 is 16.4 Å². The summed E-state index contributed by atoms with van der Waals surface area (Å²) in [7, 11) is 0. The lowest BCUT2D eigenvalue weighted by Crippen LogP contribution is -2.62. The summed E-state index contributed by atoms with van der Waals surface area (Å²) in [4.78, 5) is 36.1. The first-order valence-electron chi connectivity index (χ1n) is 10.8. The Morgan fingerprint density at radius 2 is 1.44 bits per heavy atom. The zero-order valence-electron chi connectivity index (χ0n) is 18.6. The average Bonchev–Trinajstić information content (AvgIpc) is 2.84. The number of benzene rings is 3. The van der Waals surface area contributed by atoms with Crippen LogP contribution in [0.5, 0.6) is 0 Å². The Morgan fingerprint density at radius 1 is 0.853 bits per heavy atom. The summed E-state index contributed by atoms with van der Waals surface area (Å²) in [5.41, 5.74) is 7.23. The Morgan fingerprint density at radius 3 is 2.06 bits per heavy atom. The smallest absolute Gasteiger partial charge is 0.344 e. The van der Waals surface area contributed by atoms with Crippen LogP contribution in [0.1, 0.15) is 24.8 Å². The molecule has 0 aromatic heterocycles. The summed E-state index contributed by atoms with van der Waals surface area (Å²) < 4.78 is 5.18. The Bertz CT molecular complexity index is 1100. The fraction of sp³-hybridized carbons (Fsp3) is 0.192. The van der Waals surface area contributed by atoms with Gasteiger partial charge in [0.15, 0.2) is 5.66 Å². The van der Waals surface area contributed by atoms with Gasteiger partial charge in [0.1, 0.15) is 6.61 Å². The first-order chi connectivity index (χ1) is 16.4. The van der Waals surface area contributed by atoms with Gasteiger partial charge in [0, 0.05) is 12.1 Å². The van der Waals surface area contributed by atoms with Crippen molar-refractivity contribution >= 4 is 23.7 Å². The lowest BCUT2D eigenvalue weighted by Gasteiger charge is -2.26. The minimum absolute atomic E-state index is 0.0245. The summed E-state index contributed by atoms with van der Waals surface area (Å²) in [6.45, 7) is 0.135. The van der Waals surface area contributed by atoms with Crippen molar-refractivity contribution in [2.75, 3.05) is 5.32 Å². The van der Waals surface area contributed by atoms with Crippen LogP contribution >= 0.6 is 0 Å². The molecule has 0 aliphatic heterocycles. The molecule has 0 radical (unpaired) electrons. The van der Waals surface area contributed by atoms with Crippen LogP contribution in [-0.4, -0.2) is 28.7 Å². The van der Waals surface area contributed by atoms with E-state index in [2.05, 4.69) is 10.6 Å². The van der Waals surface area contributed by atoms with Crippen molar-refractivity contribution in [1.82, 2.24) is 5.32 Å². The monoisotopic (exact) mass is 461 g/mol. The normalized spacial score (nSPS) is 12.3. The standard InChI is InChI=1S/C26H27N3O5/c27-26(24(31)32,17-7-12-23(30)34-18-19-8-3-1-4-9-19)29-25(33)28-22-15-13-21(14-16-22)20-10-5-2-6-11-20/h1-6,8-11,13-16H,7,12,17-18,27H2,(H,31,32)(H2,28,29,33)/t26-/m0/s1. The molecule has 0 spiro atoms. The molecule has 0 aliphatic rings. The number of rotatable bonds is 10. The second kappa shape index (κ2) is 11.6. The number of nitrogens with one attached hydrogen (secondary N) is 2. The SMILES string of the molecule is N[C@@](CCCC(=O)OCc1ccccc1)(NC(=O)Nc1ccc(-c2ccccc2)cc1)C(=O)O. The van der Waals surface area contributed by atoms with E-state index in [0.29, 0.717) is 5.69 Å². The van der Waals surface area contributed by atoms with E-state index in [1.807, 2.05) is 72.8 Å². The molecule has 0 bridgehead atoms. The van der Waals surface area contributed by atoms with Crippen molar-refractivity contribution in [3.8, 4) is 11.1 Å². The molecular weight excluding hydrogens is 434 g/mol. The zero-order valence-corrected chi connectivity index (χ0v) is 18.6. The van der Waals surface area contributed by atoms with Gasteiger partial charge in [-0.15, -0.1) is 0 Å². The first-order valence-corrected chi connectivity index (χ1v) is 10.8. The molecule has 8 heteroatoms. The van der Waals surface area contributed by atoms with Gasteiger partial charge in [0.05, 0.1) is 0 Å². The largest absolute Gasteiger partial charge is 0.478 e. The number of hydrogen-bond acceptors (Lipinski definition) is 5. The number of esters is 1. The second-order valence-electron chi connectivity index (χ2n) is 7.80.